The molecule has 26 heavy (non-hydrogen) atoms. The van der Waals surface area contributed by atoms with Gasteiger partial charge in [0.2, 0.25) is 0 Å². The van der Waals surface area contributed by atoms with Crippen molar-refractivity contribution in [2.75, 3.05) is 6.61 Å². The summed E-state index contributed by atoms with van der Waals surface area (Å²) >= 11 is 4.34. The topological polar surface area (TPSA) is 171 Å². The maximum Gasteiger partial charge on any atom is 0.254 e. The largest absolute Gasteiger partial charge is 0.376 e. The number of hydrogen-bond acceptors (Lipinski definition) is 11. The second-order valence-corrected chi connectivity index (χ2v) is 6.36. The highest BCUT2D eigenvalue weighted by Crippen LogP contribution is 2.46. The molecule has 1 aliphatic rings. The third kappa shape index (κ3) is 2.60. The number of carbonyl (C=O) groups is 4. The van der Waals surface area contributed by atoms with Gasteiger partial charge in [0, 0.05) is 0 Å². The van der Waals surface area contributed by atoms with E-state index in [1.165, 1.54) is 0 Å². The van der Waals surface area contributed by atoms with Gasteiger partial charge in [0.1, 0.15) is 0 Å². The Bertz CT molecular complexity index is 729. The average molecular weight is 389 g/mol. The van der Waals surface area contributed by atoms with Gasteiger partial charge in [0.25, 0.3) is 5.72 Å². The average Bonchev–Trinajstić information content (AvgIpc) is 2.51. The van der Waals surface area contributed by atoms with E-state index in [-0.39, 0.29) is 0 Å². The molecule has 4 N–H and O–H groups in total. The van der Waals surface area contributed by atoms with E-state index in [9.17, 15) is 39.6 Å². The quantitative estimate of drug-likeness (QED) is 0.287. The lowest BCUT2D eigenvalue weighted by Crippen LogP contribution is -2.86. The van der Waals surface area contributed by atoms with Gasteiger partial charge in [-0.2, -0.15) is 4.99 Å². The monoisotopic (exact) mass is 389 g/mol. The van der Waals surface area contributed by atoms with Gasteiger partial charge in [-0.3, -0.25) is 19.2 Å². The fourth-order valence-electron chi connectivity index (χ4n) is 3.09. The molecular weight excluding hydrogens is 370 g/mol. The molecule has 0 aromatic carbocycles. The van der Waals surface area contributed by atoms with Gasteiger partial charge in [-0.25, -0.2) is 0 Å². The highest BCUT2D eigenvalue weighted by atomic mass is 32.1. The smallest absolute Gasteiger partial charge is 0.254 e. The molecule has 11 heteroatoms. The van der Waals surface area contributed by atoms with Crippen molar-refractivity contribution in [1.82, 2.24) is 0 Å². The molecule has 0 aromatic heterocycles. The Hall–Kier alpha value is -1.72. The van der Waals surface area contributed by atoms with Crippen molar-refractivity contribution in [3.05, 3.63) is 0 Å². The lowest BCUT2D eigenvalue weighted by atomic mass is 9.60. The SMILES string of the molecule is CC(=O)C(O)(N=C=S)[C@H]1OC[C@@](O)(C(C)=O)[C@](O)(C(C)=O)[C@@]1(O)C(C)=O. The minimum Gasteiger partial charge on any atom is -0.376 e. The number of aliphatic hydroxyl groups is 4. The lowest BCUT2D eigenvalue weighted by Gasteiger charge is -2.56. The molecule has 1 aliphatic heterocycles. The molecule has 0 saturated carbocycles. The van der Waals surface area contributed by atoms with E-state index in [2.05, 4.69) is 17.2 Å². The van der Waals surface area contributed by atoms with Crippen molar-refractivity contribution in [3.63, 3.8) is 0 Å². The second kappa shape index (κ2) is 6.78. The number of isothiocyanates is 1. The maximum absolute atomic E-state index is 12.3. The van der Waals surface area contributed by atoms with Crippen molar-refractivity contribution < 1.29 is 44.3 Å². The number of rotatable bonds is 6. The van der Waals surface area contributed by atoms with E-state index < -0.39 is 58.4 Å². The van der Waals surface area contributed by atoms with Crippen LogP contribution in [0.1, 0.15) is 27.7 Å². The highest BCUT2D eigenvalue weighted by molar-refractivity contribution is 7.78. The van der Waals surface area contributed by atoms with Crippen molar-refractivity contribution >= 4 is 40.5 Å². The molecule has 1 unspecified atom stereocenters. The number of ether oxygens (including phenoxy) is 1. The molecule has 0 bridgehead atoms. The van der Waals surface area contributed by atoms with Gasteiger partial charge < -0.3 is 25.2 Å². The Morgan fingerprint density at radius 1 is 1.08 bits per heavy atom. The molecule has 1 rings (SSSR count). The first-order chi connectivity index (χ1) is 11.7. The third-order valence-electron chi connectivity index (χ3n) is 4.72. The molecule has 5 atom stereocenters. The highest BCUT2D eigenvalue weighted by Gasteiger charge is 2.78. The van der Waals surface area contributed by atoms with E-state index in [4.69, 9.17) is 4.74 Å². The van der Waals surface area contributed by atoms with Gasteiger partial charge in [-0.1, -0.05) is 0 Å². The van der Waals surface area contributed by atoms with Crippen molar-refractivity contribution in [1.29, 1.82) is 0 Å². The van der Waals surface area contributed by atoms with Crippen LogP contribution in [0.15, 0.2) is 4.99 Å². The summed E-state index contributed by atoms with van der Waals surface area (Å²) in [7, 11) is 0. The number of thiocarbonyl (C=S) groups is 1. The first-order valence-electron chi connectivity index (χ1n) is 7.32. The van der Waals surface area contributed by atoms with E-state index >= 15 is 0 Å². The van der Waals surface area contributed by atoms with Crippen molar-refractivity contribution in [2.24, 2.45) is 4.99 Å². The standard InChI is InChI=1S/C15H19NO9S/c1-7(17)12(21)5-25-11(14(23,9(3)19)16-6-26)13(22,8(2)18)15(12,24)10(4)20/h11,21-24H,5H2,1-4H3/t11-,12+,13+,14?,15+/m0/s1. The van der Waals surface area contributed by atoms with E-state index in [1.54, 1.807) is 5.16 Å². The molecule has 0 amide bonds. The number of carbonyl (C=O) groups excluding carboxylic acids is 4. The molecular formula is C15H19NO9S. The Morgan fingerprint density at radius 3 is 1.88 bits per heavy atom. The summed E-state index contributed by atoms with van der Waals surface area (Å²) < 4.78 is 5.05. The van der Waals surface area contributed by atoms with Gasteiger partial charge >= 0.3 is 0 Å². The molecule has 0 spiro atoms. The first-order valence-corrected chi connectivity index (χ1v) is 7.73. The summed E-state index contributed by atoms with van der Waals surface area (Å²) in [6.07, 6.45) is -2.37. The number of hydrogen-bond donors (Lipinski definition) is 4. The number of ketones is 4. The van der Waals surface area contributed by atoms with Crippen molar-refractivity contribution in [2.45, 2.75) is 56.3 Å². The number of aliphatic imine (C=N–C) groups is 1. The fraction of sp³-hybridized carbons (Fsp3) is 0.667. The van der Waals surface area contributed by atoms with Crippen LogP contribution in [0.2, 0.25) is 0 Å². The van der Waals surface area contributed by atoms with Crippen LogP contribution >= 0.6 is 12.2 Å². The molecule has 1 fully saturated rings. The van der Waals surface area contributed by atoms with Gasteiger partial charge in [-0.05, 0) is 39.9 Å². The first kappa shape index (κ1) is 22.3. The van der Waals surface area contributed by atoms with E-state index in [0.29, 0.717) is 13.8 Å². The van der Waals surface area contributed by atoms with Crippen LogP contribution in [0.5, 0.6) is 0 Å². The summed E-state index contributed by atoms with van der Waals surface area (Å²) in [4.78, 5) is 51.5. The molecule has 1 saturated heterocycles. The zero-order valence-electron chi connectivity index (χ0n) is 14.5. The minimum absolute atomic E-state index is 0.706. The summed E-state index contributed by atoms with van der Waals surface area (Å²) in [6.45, 7) is 1.90. The molecule has 0 aromatic rings. The molecule has 1 heterocycles. The number of nitrogens with zero attached hydrogens (tertiary/aromatic N) is 1. The van der Waals surface area contributed by atoms with Crippen LogP contribution < -0.4 is 0 Å². The Kier molecular flexibility index (Phi) is 5.82. The summed E-state index contributed by atoms with van der Waals surface area (Å²) in [5.41, 5.74) is -12.9. The van der Waals surface area contributed by atoms with Crippen LogP contribution in [0.4, 0.5) is 0 Å². The third-order valence-corrected chi connectivity index (χ3v) is 4.81. The van der Waals surface area contributed by atoms with E-state index in [0.717, 1.165) is 13.8 Å². The Balaban J connectivity index is 3.95. The lowest BCUT2D eigenvalue weighted by molar-refractivity contribution is -0.315. The van der Waals surface area contributed by atoms with Crippen LogP contribution in [0.3, 0.4) is 0 Å². The minimum atomic E-state index is -3.44. The van der Waals surface area contributed by atoms with Gasteiger partial charge in [-0.15, -0.1) is 0 Å². The van der Waals surface area contributed by atoms with Crippen LogP contribution in [0.25, 0.3) is 0 Å². The Morgan fingerprint density at radius 2 is 1.58 bits per heavy atom. The molecule has 144 valence electrons. The zero-order valence-corrected chi connectivity index (χ0v) is 15.3. The number of Topliss-reactive ketones (excluding diaryl/α,β-unsaturated/α-hetero) is 4. The van der Waals surface area contributed by atoms with Gasteiger partial charge in [0.15, 0.2) is 46.0 Å². The normalized spacial score (nSPS) is 36.4. The summed E-state index contributed by atoms with van der Waals surface area (Å²) in [6, 6.07) is 0. The van der Waals surface area contributed by atoms with Crippen LogP contribution in [-0.4, -0.2) is 84.0 Å². The molecule has 10 nitrogen and oxygen atoms in total. The van der Waals surface area contributed by atoms with Crippen LogP contribution in [-0.2, 0) is 23.9 Å². The summed E-state index contributed by atoms with van der Waals surface area (Å²) in [5, 5.41) is 44.8. The molecule has 0 radical (unpaired) electrons. The predicted molar refractivity (Wildman–Crippen MR) is 87.3 cm³/mol. The Labute approximate surface area is 153 Å². The fourth-order valence-corrected chi connectivity index (χ4v) is 3.23. The van der Waals surface area contributed by atoms with Gasteiger partial charge in [0.05, 0.1) is 11.8 Å². The van der Waals surface area contributed by atoms with Crippen molar-refractivity contribution in [3.8, 4) is 0 Å². The molecule has 0 aliphatic carbocycles. The zero-order chi connectivity index (χ0) is 20.7. The summed E-state index contributed by atoms with van der Waals surface area (Å²) in [5.74, 6) is -5.12. The predicted octanol–water partition coefficient (Wildman–Crippen LogP) is -2.27. The van der Waals surface area contributed by atoms with Crippen LogP contribution in [0, 0.1) is 0 Å². The second-order valence-electron chi connectivity index (χ2n) is 6.18. The maximum atomic E-state index is 12.3. The van der Waals surface area contributed by atoms with E-state index in [1.807, 2.05) is 0 Å².